The number of hydrogen-bond donors (Lipinski definition) is 1. The van der Waals surface area contributed by atoms with Crippen LogP contribution in [0.1, 0.15) is 39.5 Å². The van der Waals surface area contributed by atoms with Crippen molar-refractivity contribution in [2.75, 3.05) is 31.8 Å². The number of ether oxygens (including phenoxy) is 2. The highest BCUT2D eigenvalue weighted by Gasteiger charge is 2.43. The lowest BCUT2D eigenvalue weighted by atomic mass is 9.79. The molecule has 0 aliphatic carbocycles. The second-order valence-electron chi connectivity index (χ2n) is 5.80. The Hall–Kier alpha value is 0.230. The number of rotatable bonds is 6. The highest BCUT2D eigenvalue weighted by Crippen LogP contribution is 2.41. The number of nitrogens with one attached hydrogen (secondary N) is 1. The first-order valence-electron chi connectivity index (χ1n) is 7.75. The van der Waals surface area contributed by atoms with Crippen LogP contribution in [0.5, 0.6) is 0 Å². The van der Waals surface area contributed by atoms with E-state index in [9.17, 15) is 0 Å². The van der Waals surface area contributed by atoms with Gasteiger partial charge in [0.1, 0.15) is 0 Å². The fourth-order valence-electron chi connectivity index (χ4n) is 3.65. The molecule has 112 valence electrons. The summed E-state index contributed by atoms with van der Waals surface area (Å²) in [6, 6.07) is 0.469. The topological polar surface area (TPSA) is 30.5 Å². The van der Waals surface area contributed by atoms with E-state index in [2.05, 4.69) is 26.2 Å². The molecule has 0 amide bonds. The fraction of sp³-hybridized carbons (Fsp3) is 1.00. The molecule has 4 heteroatoms. The summed E-state index contributed by atoms with van der Waals surface area (Å²) in [7, 11) is 2.08. The molecular weight excluding hydrogens is 258 g/mol. The lowest BCUT2D eigenvalue weighted by Gasteiger charge is -2.42. The van der Waals surface area contributed by atoms with Crippen molar-refractivity contribution in [1.29, 1.82) is 0 Å². The SMILES string of the molecule is CCOC(CC)C(NC)C1CCOC2(CCSC2)C1. The largest absolute Gasteiger partial charge is 0.377 e. The molecule has 4 unspecified atom stereocenters. The van der Waals surface area contributed by atoms with Gasteiger partial charge in [-0.1, -0.05) is 6.92 Å². The van der Waals surface area contributed by atoms with Crippen molar-refractivity contribution in [3.05, 3.63) is 0 Å². The van der Waals surface area contributed by atoms with Crippen LogP contribution >= 0.6 is 11.8 Å². The maximum absolute atomic E-state index is 6.14. The molecule has 0 aromatic heterocycles. The molecule has 0 aromatic carbocycles. The second kappa shape index (κ2) is 7.30. The predicted octanol–water partition coefficient (Wildman–Crippen LogP) is 2.69. The maximum atomic E-state index is 6.14. The summed E-state index contributed by atoms with van der Waals surface area (Å²) >= 11 is 2.05. The van der Waals surface area contributed by atoms with E-state index >= 15 is 0 Å². The summed E-state index contributed by atoms with van der Waals surface area (Å²) in [5.41, 5.74) is 0.174. The van der Waals surface area contributed by atoms with Crippen LogP contribution in [-0.4, -0.2) is 49.5 Å². The van der Waals surface area contributed by atoms with Gasteiger partial charge in [0.25, 0.3) is 0 Å². The number of hydrogen-bond acceptors (Lipinski definition) is 4. The van der Waals surface area contributed by atoms with Crippen molar-refractivity contribution in [1.82, 2.24) is 5.32 Å². The van der Waals surface area contributed by atoms with E-state index in [1.54, 1.807) is 0 Å². The summed E-state index contributed by atoms with van der Waals surface area (Å²) in [5, 5.41) is 3.53. The highest BCUT2D eigenvalue weighted by molar-refractivity contribution is 7.99. The predicted molar refractivity (Wildman–Crippen MR) is 81.9 cm³/mol. The number of thioether (sulfide) groups is 1. The third-order valence-electron chi connectivity index (χ3n) is 4.62. The van der Waals surface area contributed by atoms with Crippen molar-refractivity contribution in [3.63, 3.8) is 0 Å². The first-order chi connectivity index (χ1) is 9.24. The Morgan fingerprint density at radius 3 is 2.89 bits per heavy atom. The van der Waals surface area contributed by atoms with Gasteiger partial charge >= 0.3 is 0 Å². The van der Waals surface area contributed by atoms with Gasteiger partial charge in [-0.2, -0.15) is 11.8 Å². The molecule has 2 heterocycles. The Morgan fingerprint density at radius 1 is 1.47 bits per heavy atom. The normalized spacial score (nSPS) is 34.6. The molecule has 0 radical (unpaired) electrons. The first-order valence-corrected chi connectivity index (χ1v) is 8.90. The van der Waals surface area contributed by atoms with Gasteiger partial charge < -0.3 is 14.8 Å². The Kier molecular flexibility index (Phi) is 6.00. The maximum Gasteiger partial charge on any atom is 0.0783 e. The van der Waals surface area contributed by atoms with E-state index < -0.39 is 0 Å². The third-order valence-corrected chi connectivity index (χ3v) is 5.85. The van der Waals surface area contributed by atoms with Gasteiger partial charge in [-0.15, -0.1) is 0 Å². The van der Waals surface area contributed by atoms with Gasteiger partial charge in [0.2, 0.25) is 0 Å². The van der Waals surface area contributed by atoms with Crippen molar-refractivity contribution < 1.29 is 9.47 Å². The van der Waals surface area contributed by atoms with Crippen LogP contribution in [0.3, 0.4) is 0 Å². The summed E-state index contributed by atoms with van der Waals surface area (Å²) in [4.78, 5) is 0. The van der Waals surface area contributed by atoms with E-state index in [0.717, 1.165) is 19.6 Å². The molecule has 0 saturated carbocycles. The minimum absolute atomic E-state index is 0.174. The minimum Gasteiger partial charge on any atom is -0.377 e. The zero-order chi connectivity index (χ0) is 13.7. The van der Waals surface area contributed by atoms with Crippen LogP contribution in [0.25, 0.3) is 0 Å². The van der Waals surface area contributed by atoms with E-state index in [4.69, 9.17) is 9.47 Å². The molecule has 3 nitrogen and oxygen atoms in total. The minimum atomic E-state index is 0.174. The average molecular weight is 287 g/mol. The van der Waals surface area contributed by atoms with E-state index in [-0.39, 0.29) is 5.60 Å². The van der Waals surface area contributed by atoms with Crippen LogP contribution in [0.4, 0.5) is 0 Å². The van der Waals surface area contributed by atoms with Crippen LogP contribution in [0.15, 0.2) is 0 Å². The molecule has 2 aliphatic heterocycles. The molecule has 2 rings (SSSR count). The van der Waals surface area contributed by atoms with Gasteiger partial charge in [-0.3, -0.25) is 0 Å². The Balaban J connectivity index is 2.00. The van der Waals surface area contributed by atoms with E-state index in [0.29, 0.717) is 18.1 Å². The van der Waals surface area contributed by atoms with Crippen LogP contribution < -0.4 is 5.32 Å². The molecule has 19 heavy (non-hydrogen) atoms. The molecule has 2 aliphatic rings. The standard InChI is InChI=1S/C15H29NO2S/c1-4-13(17-5-2)14(16-3)12-6-8-18-15(10-12)7-9-19-11-15/h12-14,16H,4-11H2,1-3H3. The summed E-state index contributed by atoms with van der Waals surface area (Å²) in [6.45, 7) is 6.05. The molecule has 1 N–H and O–H groups in total. The Labute approximate surface area is 122 Å². The molecular formula is C15H29NO2S. The van der Waals surface area contributed by atoms with Gasteiger partial charge in [0.05, 0.1) is 11.7 Å². The average Bonchev–Trinajstić information content (AvgIpc) is 2.86. The zero-order valence-corrected chi connectivity index (χ0v) is 13.4. The molecule has 0 bridgehead atoms. The van der Waals surface area contributed by atoms with Crippen molar-refractivity contribution in [3.8, 4) is 0 Å². The van der Waals surface area contributed by atoms with Crippen LogP contribution in [-0.2, 0) is 9.47 Å². The monoisotopic (exact) mass is 287 g/mol. The fourth-order valence-corrected chi connectivity index (χ4v) is 5.03. The molecule has 4 atom stereocenters. The lowest BCUT2D eigenvalue weighted by Crippen LogP contribution is -2.51. The summed E-state index contributed by atoms with van der Waals surface area (Å²) < 4.78 is 12.1. The molecule has 0 aromatic rings. The Bertz CT molecular complexity index is 269. The van der Waals surface area contributed by atoms with Gasteiger partial charge in [-0.05, 0) is 51.3 Å². The van der Waals surface area contributed by atoms with Crippen molar-refractivity contribution >= 4 is 11.8 Å². The highest BCUT2D eigenvalue weighted by atomic mass is 32.2. The third kappa shape index (κ3) is 3.66. The zero-order valence-electron chi connectivity index (χ0n) is 12.6. The van der Waals surface area contributed by atoms with Gasteiger partial charge in [-0.25, -0.2) is 0 Å². The Morgan fingerprint density at radius 2 is 2.32 bits per heavy atom. The first kappa shape index (κ1) is 15.6. The van der Waals surface area contributed by atoms with E-state index in [1.165, 1.54) is 30.8 Å². The van der Waals surface area contributed by atoms with Crippen molar-refractivity contribution in [2.45, 2.75) is 57.3 Å². The quantitative estimate of drug-likeness (QED) is 0.813. The van der Waals surface area contributed by atoms with Crippen LogP contribution in [0, 0.1) is 5.92 Å². The van der Waals surface area contributed by atoms with Gasteiger partial charge in [0, 0.05) is 25.0 Å². The van der Waals surface area contributed by atoms with Gasteiger partial charge in [0.15, 0.2) is 0 Å². The molecule has 2 fully saturated rings. The lowest BCUT2D eigenvalue weighted by molar-refractivity contribution is -0.0968. The van der Waals surface area contributed by atoms with Crippen molar-refractivity contribution in [2.24, 2.45) is 5.92 Å². The smallest absolute Gasteiger partial charge is 0.0783 e. The summed E-state index contributed by atoms with van der Waals surface area (Å²) in [6.07, 6.45) is 5.02. The van der Waals surface area contributed by atoms with Crippen LogP contribution in [0.2, 0.25) is 0 Å². The summed E-state index contributed by atoms with van der Waals surface area (Å²) in [5.74, 6) is 3.14. The molecule has 2 saturated heterocycles. The van der Waals surface area contributed by atoms with E-state index in [1.807, 2.05) is 11.8 Å². The second-order valence-corrected chi connectivity index (χ2v) is 6.91. The molecule has 1 spiro atoms. The number of likely N-dealkylation sites (N-methyl/N-ethyl adjacent to an activating group) is 1.